The Morgan fingerprint density at radius 1 is 1.57 bits per heavy atom. The average Bonchev–Trinajstić information content (AvgIpc) is 2.33. The number of amides is 2. The predicted molar refractivity (Wildman–Crippen MR) is 49.4 cm³/mol. The molecule has 14 heavy (non-hydrogen) atoms. The smallest absolute Gasteiger partial charge is 0.311 e. The Kier molecular flexibility index (Phi) is 3.62. The van der Waals surface area contributed by atoms with Crippen LogP contribution in [0.3, 0.4) is 0 Å². The Morgan fingerprint density at radius 2 is 2.29 bits per heavy atom. The van der Waals surface area contributed by atoms with Crippen LogP contribution in [0.15, 0.2) is 0 Å². The van der Waals surface area contributed by atoms with Crippen molar-refractivity contribution in [3.8, 4) is 0 Å². The van der Waals surface area contributed by atoms with Gasteiger partial charge in [-0.05, 0) is 6.42 Å². The minimum absolute atomic E-state index is 0.218. The molecule has 5 nitrogen and oxygen atoms in total. The van der Waals surface area contributed by atoms with E-state index in [1.54, 1.807) is 6.92 Å². The topological polar surface area (TPSA) is 66.5 Å². The number of carbonyl (C=O) groups is 3. The zero-order valence-electron chi connectivity index (χ0n) is 8.16. The van der Waals surface area contributed by atoms with Gasteiger partial charge in [0.15, 0.2) is 0 Å². The lowest BCUT2D eigenvalue weighted by atomic mass is 10.2. The van der Waals surface area contributed by atoms with Gasteiger partial charge < -0.3 is 15.0 Å². The third kappa shape index (κ3) is 2.55. The summed E-state index contributed by atoms with van der Waals surface area (Å²) in [5.74, 6) is -1.32. The van der Waals surface area contributed by atoms with Gasteiger partial charge in [0.1, 0.15) is 6.29 Å². The number of aldehydes is 1. The van der Waals surface area contributed by atoms with E-state index < -0.39 is 11.8 Å². The lowest BCUT2D eigenvalue weighted by Gasteiger charge is -2.20. The molecular weight excluding hydrogens is 184 g/mol. The van der Waals surface area contributed by atoms with Crippen molar-refractivity contribution >= 4 is 18.1 Å². The third-order valence-electron chi connectivity index (χ3n) is 2.11. The summed E-state index contributed by atoms with van der Waals surface area (Å²) in [6, 6.07) is 0. The van der Waals surface area contributed by atoms with Gasteiger partial charge in [-0.3, -0.25) is 9.59 Å². The van der Waals surface area contributed by atoms with Crippen LogP contribution >= 0.6 is 0 Å². The Bertz CT molecular complexity index is 252. The van der Waals surface area contributed by atoms with Crippen LogP contribution in [0.25, 0.3) is 0 Å². The van der Waals surface area contributed by atoms with E-state index in [1.807, 2.05) is 0 Å². The van der Waals surface area contributed by atoms with E-state index in [4.69, 9.17) is 0 Å². The van der Waals surface area contributed by atoms with Crippen LogP contribution in [-0.4, -0.2) is 42.6 Å². The van der Waals surface area contributed by atoms with Crippen LogP contribution in [0.5, 0.6) is 0 Å². The lowest BCUT2D eigenvalue weighted by Crippen LogP contribution is -2.41. The molecule has 0 aromatic rings. The summed E-state index contributed by atoms with van der Waals surface area (Å²) in [6.07, 6.45) is 1.53. The molecule has 1 atom stereocenters. The van der Waals surface area contributed by atoms with Crippen molar-refractivity contribution in [1.82, 2.24) is 10.2 Å². The highest BCUT2D eigenvalue weighted by Gasteiger charge is 2.24. The van der Waals surface area contributed by atoms with Gasteiger partial charge in [0.25, 0.3) is 0 Å². The third-order valence-corrected chi connectivity index (χ3v) is 2.11. The molecule has 1 rings (SSSR count). The second-order valence-electron chi connectivity index (χ2n) is 3.47. The Morgan fingerprint density at radius 3 is 2.93 bits per heavy atom. The highest BCUT2D eigenvalue weighted by atomic mass is 16.2. The molecule has 0 aromatic carbocycles. The maximum absolute atomic E-state index is 11.4. The SMILES string of the molecule is CC(C=O)CN1CCCNC(=O)C1=O. The molecule has 1 saturated heterocycles. The summed E-state index contributed by atoms with van der Waals surface area (Å²) in [5, 5.41) is 2.50. The first-order valence-corrected chi connectivity index (χ1v) is 4.67. The fraction of sp³-hybridized carbons (Fsp3) is 0.667. The fourth-order valence-corrected chi connectivity index (χ4v) is 1.36. The number of rotatable bonds is 3. The van der Waals surface area contributed by atoms with E-state index in [0.29, 0.717) is 19.6 Å². The van der Waals surface area contributed by atoms with Crippen molar-refractivity contribution in [3.05, 3.63) is 0 Å². The largest absolute Gasteiger partial charge is 0.348 e. The summed E-state index contributed by atoms with van der Waals surface area (Å²) in [4.78, 5) is 34.3. The molecule has 2 amide bonds. The molecule has 0 aliphatic carbocycles. The summed E-state index contributed by atoms with van der Waals surface area (Å²) < 4.78 is 0. The van der Waals surface area contributed by atoms with Crippen LogP contribution in [0.1, 0.15) is 13.3 Å². The second kappa shape index (κ2) is 4.74. The van der Waals surface area contributed by atoms with Crippen LogP contribution in [0.2, 0.25) is 0 Å². The lowest BCUT2D eigenvalue weighted by molar-refractivity contribution is -0.145. The molecular formula is C9H14N2O3. The minimum atomic E-state index is -0.569. The molecule has 5 heteroatoms. The zero-order valence-corrected chi connectivity index (χ0v) is 8.16. The number of hydrogen-bond acceptors (Lipinski definition) is 3. The normalized spacial score (nSPS) is 19.9. The van der Waals surface area contributed by atoms with E-state index in [2.05, 4.69) is 5.32 Å². The van der Waals surface area contributed by atoms with Gasteiger partial charge in [0, 0.05) is 25.6 Å². The summed E-state index contributed by atoms with van der Waals surface area (Å²) in [5.41, 5.74) is 0. The van der Waals surface area contributed by atoms with Crippen LogP contribution in [0, 0.1) is 5.92 Å². The van der Waals surface area contributed by atoms with E-state index in [1.165, 1.54) is 4.90 Å². The maximum Gasteiger partial charge on any atom is 0.311 e. The first-order chi connectivity index (χ1) is 6.65. The van der Waals surface area contributed by atoms with Crippen molar-refractivity contribution in [2.75, 3.05) is 19.6 Å². The molecule has 0 bridgehead atoms. The van der Waals surface area contributed by atoms with E-state index in [0.717, 1.165) is 12.7 Å². The monoisotopic (exact) mass is 198 g/mol. The highest BCUT2D eigenvalue weighted by molar-refractivity contribution is 6.35. The standard InChI is InChI=1S/C9H14N2O3/c1-7(6-12)5-11-4-2-3-10-8(13)9(11)14/h6-7H,2-5H2,1H3,(H,10,13). The molecule has 0 radical (unpaired) electrons. The van der Waals surface area contributed by atoms with Crippen LogP contribution in [0.4, 0.5) is 0 Å². The van der Waals surface area contributed by atoms with E-state index >= 15 is 0 Å². The predicted octanol–water partition coefficient (Wildman–Crippen LogP) is -0.830. The van der Waals surface area contributed by atoms with Crippen LogP contribution < -0.4 is 5.32 Å². The van der Waals surface area contributed by atoms with Crippen LogP contribution in [-0.2, 0) is 14.4 Å². The van der Waals surface area contributed by atoms with Gasteiger partial charge in [0.2, 0.25) is 0 Å². The molecule has 0 spiro atoms. The number of nitrogens with one attached hydrogen (secondary N) is 1. The van der Waals surface area contributed by atoms with Gasteiger partial charge in [0.05, 0.1) is 0 Å². The molecule has 1 heterocycles. The highest BCUT2D eigenvalue weighted by Crippen LogP contribution is 2.02. The Balaban J connectivity index is 2.60. The molecule has 1 aliphatic heterocycles. The molecule has 1 unspecified atom stereocenters. The van der Waals surface area contributed by atoms with Crippen molar-refractivity contribution in [2.45, 2.75) is 13.3 Å². The Labute approximate surface area is 82.4 Å². The fourth-order valence-electron chi connectivity index (χ4n) is 1.36. The first kappa shape index (κ1) is 10.7. The molecule has 1 fully saturated rings. The minimum Gasteiger partial charge on any atom is -0.348 e. The maximum atomic E-state index is 11.4. The molecule has 1 aliphatic rings. The summed E-state index contributed by atoms with van der Waals surface area (Å²) in [7, 11) is 0. The van der Waals surface area contributed by atoms with Gasteiger partial charge in [-0.2, -0.15) is 0 Å². The van der Waals surface area contributed by atoms with Gasteiger partial charge in [-0.1, -0.05) is 6.92 Å². The molecule has 0 aromatic heterocycles. The van der Waals surface area contributed by atoms with Gasteiger partial charge in [-0.25, -0.2) is 0 Å². The number of carbonyl (C=O) groups excluding carboxylic acids is 3. The van der Waals surface area contributed by atoms with Crippen molar-refractivity contribution in [1.29, 1.82) is 0 Å². The van der Waals surface area contributed by atoms with E-state index in [-0.39, 0.29) is 5.92 Å². The second-order valence-corrected chi connectivity index (χ2v) is 3.47. The molecule has 0 saturated carbocycles. The summed E-state index contributed by atoms with van der Waals surface area (Å²) >= 11 is 0. The first-order valence-electron chi connectivity index (χ1n) is 4.67. The summed E-state index contributed by atoms with van der Waals surface area (Å²) in [6.45, 7) is 3.12. The van der Waals surface area contributed by atoms with Gasteiger partial charge >= 0.3 is 11.8 Å². The van der Waals surface area contributed by atoms with Crippen molar-refractivity contribution in [2.24, 2.45) is 5.92 Å². The van der Waals surface area contributed by atoms with Crippen molar-refractivity contribution < 1.29 is 14.4 Å². The molecule has 78 valence electrons. The van der Waals surface area contributed by atoms with E-state index in [9.17, 15) is 14.4 Å². The van der Waals surface area contributed by atoms with Crippen molar-refractivity contribution in [3.63, 3.8) is 0 Å². The quantitative estimate of drug-likeness (QED) is 0.475. The number of hydrogen-bond donors (Lipinski definition) is 1. The Hall–Kier alpha value is -1.39. The zero-order chi connectivity index (χ0) is 10.6. The van der Waals surface area contributed by atoms with Gasteiger partial charge in [-0.15, -0.1) is 0 Å². The number of nitrogens with zero attached hydrogens (tertiary/aromatic N) is 1. The molecule has 1 N–H and O–H groups in total. The average molecular weight is 198 g/mol.